The molecule has 2 aromatic carbocycles. The molecule has 0 spiro atoms. The van der Waals surface area contributed by atoms with Gasteiger partial charge in [0.25, 0.3) is 11.6 Å². The number of carbonyl (C=O) groups excluding carboxylic acids is 1. The second kappa shape index (κ2) is 7.37. The van der Waals surface area contributed by atoms with Gasteiger partial charge >= 0.3 is 0 Å². The maximum absolute atomic E-state index is 12.0. The van der Waals surface area contributed by atoms with Gasteiger partial charge in [0.05, 0.1) is 23.8 Å². The van der Waals surface area contributed by atoms with Gasteiger partial charge in [-0.2, -0.15) is 5.10 Å². The SMILES string of the molecule is COc1ccccc1C(=O)N/N=C\c1cc([N+](=O)[O-])ccc1Cl. The van der Waals surface area contributed by atoms with Crippen molar-refractivity contribution in [3.05, 3.63) is 68.7 Å². The van der Waals surface area contributed by atoms with Gasteiger partial charge in [-0.15, -0.1) is 0 Å². The first-order chi connectivity index (χ1) is 11.0. The average Bonchev–Trinajstić information content (AvgIpc) is 2.56. The number of para-hydroxylation sites is 1. The van der Waals surface area contributed by atoms with E-state index in [1.165, 1.54) is 31.5 Å². The number of methoxy groups -OCH3 is 1. The highest BCUT2D eigenvalue weighted by molar-refractivity contribution is 6.33. The van der Waals surface area contributed by atoms with Gasteiger partial charge in [-0.05, 0) is 18.2 Å². The van der Waals surface area contributed by atoms with Gasteiger partial charge in [-0.1, -0.05) is 23.7 Å². The molecule has 7 nitrogen and oxygen atoms in total. The minimum atomic E-state index is -0.541. The van der Waals surface area contributed by atoms with Crippen LogP contribution in [0.2, 0.25) is 5.02 Å². The molecule has 0 aliphatic rings. The summed E-state index contributed by atoms with van der Waals surface area (Å²) < 4.78 is 5.08. The van der Waals surface area contributed by atoms with E-state index in [9.17, 15) is 14.9 Å². The highest BCUT2D eigenvalue weighted by Gasteiger charge is 2.11. The molecule has 0 saturated carbocycles. The monoisotopic (exact) mass is 333 g/mol. The lowest BCUT2D eigenvalue weighted by atomic mass is 10.2. The predicted molar refractivity (Wildman–Crippen MR) is 86.2 cm³/mol. The number of benzene rings is 2. The van der Waals surface area contributed by atoms with Crippen LogP contribution in [0.5, 0.6) is 5.75 Å². The number of nitro benzene ring substituents is 1. The summed E-state index contributed by atoms with van der Waals surface area (Å²) >= 11 is 5.93. The summed E-state index contributed by atoms with van der Waals surface area (Å²) in [6.07, 6.45) is 1.24. The van der Waals surface area contributed by atoms with E-state index >= 15 is 0 Å². The van der Waals surface area contributed by atoms with Crippen molar-refractivity contribution in [2.75, 3.05) is 7.11 Å². The van der Waals surface area contributed by atoms with E-state index in [0.29, 0.717) is 16.9 Å². The van der Waals surface area contributed by atoms with Crippen LogP contribution in [0.3, 0.4) is 0 Å². The smallest absolute Gasteiger partial charge is 0.275 e. The molecule has 23 heavy (non-hydrogen) atoms. The number of amides is 1. The van der Waals surface area contributed by atoms with Crippen LogP contribution in [-0.4, -0.2) is 24.2 Å². The van der Waals surface area contributed by atoms with E-state index in [2.05, 4.69) is 10.5 Å². The Labute approximate surface area is 136 Å². The minimum Gasteiger partial charge on any atom is -0.496 e. The molecule has 0 aliphatic carbocycles. The van der Waals surface area contributed by atoms with Crippen molar-refractivity contribution in [3.8, 4) is 5.75 Å². The largest absolute Gasteiger partial charge is 0.496 e. The zero-order valence-corrected chi connectivity index (χ0v) is 12.8. The van der Waals surface area contributed by atoms with Crippen molar-refractivity contribution in [2.24, 2.45) is 5.10 Å². The fourth-order valence-corrected chi connectivity index (χ4v) is 1.96. The van der Waals surface area contributed by atoms with E-state index in [4.69, 9.17) is 16.3 Å². The van der Waals surface area contributed by atoms with Crippen LogP contribution in [0.4, 0.5) is 5.69 Å². The molecule has 0 aliphatic heterocycles. The number of ether oxygens (including phenoxy) is 1. The lowest BCUT2D eigenvalue weighted by Crippen LogP contribution is -2.18. The van der Waals surface area contributed by atoms with Crippen LogP contribution in [-0.2, 0) is 0 Å². The fourth-order valence-electron chi connectivity index (χ4n) is 1.80. The highest BCUT2D eigenvalue weighted by Crippen LogP contribution is 2.20. The van der Waals surface area contributed by atoms with Crippen molar-refractivity contribution in [1.82, 2.24) is 5.43 Å². The van der Waals surface area contributed by atoms with Crippen LogP contribution in [0, 0.1) is 10.1 Å². The Hall–Kier alpha value is -2.93. The Morgan fingerprint density at radius 1 is 1.35 bits per heavy atom. The normalized spacial score (nSPS) is 10.5. The van der Waals surface area contributed by atoms with Crippen LogP contribution in [0.25, 0.3) is 0 Å². The summed E-state index contributed by atoms with van der Waals surface area (Å²) in [6.45, 7) is 0. The number of halogens is 1. The third-order valence-corrected chi connectivity index (χ3v) is 3.26. The number of nitrogens with zero attached hydrogens (tertiary/aromatic N) is 2. The molecular formula is C15H12ClN3O4. The van der Waals surface area contributed by atoms with Gasteiger partial charge in [0, 0.05) is 22.7 Å². The van der Waals surface area contributed by atoms with Crippen molar-refractivity contribution >= 4 is 29.4 Å². The maximum Gasteiger partial charge on any atom is 0.275 e. The zero-order valence-electron chi connectivity index (χ0n) is 12.0. The van der Waals surface area contributed by atoms with Gasteiger partial charge < -0.3 is 4.74 Å². The summed E-state index contributed by atoms with van der Waals surface area (Å²) in [5.41, 5.74) is 2.84. The molecule has 1 amide bonds. The molecule has 0 unspecified atom stereocenters. The van der Waals surface area contributed by atoms with Gasteiger partial charge in [-0.3, -0.25) is 14.9 Å². The molecule has 2 aromatic rings. The summed E-state index contributed by atoms with van der Waals surface area (Å²) in [6, 6.07) is 10.6. The van der Waals surface area contributed by atoms with Crippen LogP contribution in [0.1, 0.15) is 15.9 Å². The molecule has 1 N–H and O–H groups in total. The zero-order chi connectivity index (χ0) is 16.8. The number of non-ortho nitro benzene ring substituents is 1. The quantitative estimate of drug-likeness (QED) is 0.517. The first-order valence-corrected chi connectivity index (χ1v) is 6.81. The van der Waals surface area contributed by atoms with Gasteiger partial charge in [-0.25, -0.2) is 5.43 Å². The molecule has 0 bridgehead atoms. The number of nitro groups is 1. The maximum atomic E-state index is 12.0. The van der Waals surface area contributed by atoms with E-state index in [0.717, 1.165) is 0 Å². The number of hydrogen-bond acceptors (Lipinski definition) is 5. The standard InChI is InChI=1S/C15H12ClN3O4/c1-23-14-5-3-2-4-12(14)15(20)18-17-9-10-8-11(19(21)22)6-7-13(10)16/h2-9H,1H3,(H,18,20)/b17-9-. The summed E-state index contributed by atoms with van der Waals surface area (Å²) in [5, 5.41) is 14.8. The second-order valence-corrected chi connectivity index (χ2v) is 4.77. The molecule has 0 atom stereocenters. The predicted octanol–water partition coefficient (Wildman–Crippen LogP) is 3.02. The fraction of sp³-hybridized carbons (Fsp3) is 0.0667. The second-order valence-electron chi connectivity index (χ2n) is 4.36. The molecule has 8 heteroatoms. The lowest BCUT2D eigenvalue weighted by molar-refractivity contribution is -0.384. The van der Waals surface area contributed by atoms with E-state index in [1.54, 1.807) is 24.3 Å². The van der Waals surface area contributed by atoms with E-state index < -0.39 is 10.8 Å². The molecule has 2 rings (SSSR count). The number of nitrogens with one attached hydrogen (secondary N) is 1. The van der Waals surface area contributed by atoms with Crippen molar-refractivity contribution in [1.29, 1.82) is 0 Å². The van der Waals surface area contributed by atoms with Gasteiger partial charge in [0.15, 0.2) is 0 Å². The average molecular weight is 334 g/mol. The Morgan fingerprint density at radius 3 is 2.78 bits per heavy atom. The number of hydrazone groups is 1. The summed E-state index contributed by atoms with van der Waals surface area (Å²) in [4.78, 5) is 22.2. The van der Waals surface area contributed by atoms with Crippen LogP contribution in [0.15, 0.2) is 47.6 Å². The van der Waals surface area contributed by atoms with E-state index in [1.807, 2.05) is 0 Å². The van der Waals surface area contributed by atoms with Gasteiger partial charge in [0.2, 0.25) is 0 Å². The molecule has 0 fully saturated rings. The summed E-state index contributed by atoms with van der Waals surface area (Å²) in [7, 11) is 1.46. The first kappa shape index (κ1) is 16.4. The third-order valence-electron chi connectivity index (χ3n) is 2.91. The number of hydrogen-bond donors (Lipinski definition) is 1. The van der Waals surface area contributed by atoms with Crippen molar-refractivity contribution in [2.45, 2.75) is 0 Å². The number of rotatable bonds is 5. The van der Waals surface area contributed by atoms with E-state index in [-0.39, 0.29) is 10.7 Å². The highest BCUT2D eigenvalue weighted by atomic mass is 35.5. The Kier molecular flexibility index (Phi) is 5.27. The Bertz CT molecular complexity index is 777. The molecule has 0 saturated heterocycles. The molecule has 0 heterocycles. The van der Waals surface area contributed by atoms with Crippen molar-refractivity contribution < 1.29 is 14.5 Å². The summed E-state index contributed by atoms with van der Waals surface area (Å²) in [5.74, 6) is -0.0613. The minimum absolute atomic E-state index is 0.119. The van der Waals surface area contributed by atoms with Crippen LogP contribution < -0.4 is 10.2 Å². The van der Waals surface area contributed by atoms with Crippen molar-refractivity contribution in [3.63, 3.8) is 0 Å². The third kappa shape index (κ3) is 4.04. The molecule has 0 aromatic heterocycles. The Balaban J connectivity index is 2.14. The molecule has 0 radical (unpaired) electrons. The van der Waals surface area contributed by atoms with Gasteiger partial charge in [0.1, 0.15) is 5.75 Å². The topological polar surface area (TPSA) is 93.8 Å². The Morgan fingerprint density at radius 2 is 2.09 bits per heavy atom. The number of carbonyl (C=O) groups is 1. The van der Waals surface area contributed by atoms with Crippen LogP contribution >= 0.6 is 11.6 Å². The first-order valence-electron chi connectivity index (χ1n) is 6.43. The molecule has 118 valence electrons. The molecular weight excluding hydrogens is 322 g/mol. The lowest BCUT2D eigenvalue weighted by Gasteiger charge is -2.06.